The molecule has 0 aliphatic rings. The summed E-state index contributed by atoms with van der Waals surface area (Å²) in [5.41, 5.74) is 1.18. The van der Waals surface area contributed by atoms with E-state index in [9.17, 15) is 0 Å². The molecular formula is C11H15O2. The first-order valence-electron chi connectivity index (χ1n) is 4.32. The fraction of sp³-hybridized carbons (Fsp3) is 0.364. The van der Waals surface area contributed by atoms with E-state index < -0.39 is 0 Å². The minimum absolute atomic E-state index is 0.824. The maximum absolute atomic E-state index is 5.23. The molecule has 1 aromatic carbocycles. The quantitative estimate of drug-likeness (QED) is 0.707. The van der Waals surface area contributed by atoms with Crippen LogP contribution in [0.25, 0.3) is 0 Å². The zero-order valence-electron chi connectivity index (χ0n) is 8.17. The number of hydrogen-bond donors (Lipinski definition) is 0. The average molecular weight is 179 g/mol. The Morgan fingerprint density at radius 2 is 2.00 bits per heavy atom. The van der Waals surface area contributed by atoms with Gasteiger partial charge in [-0.05, 0) is 24.5 Å². The SMILES string of the molecule is [CH2]CCc1ccc(OC)cc1OC. The molecule has 0 aliphatic heterocycles. The lowest BCUT2D eigenvalue weighted by Crippen LogP contribution is -1.93. The van der Waals surface area contributed by atoms with Gasteiger partial charge in [0.05, 0.1) is 14.2 Å². The molecular weight excluding hydrogens is 164 g/mol. The van der Waals surface area contributed by atoms with Gasteiger partial charge in [-0.3, -0.25) is 0 Å². The molecule has 0 saturated heterocycles. The third-order valence-corrected chi connectivity index (χ3v) is 1.94. The van der Waals surface area contributed by atoms with Crippen LogP contribution in [0.2, 0.25) is 0 Å². The Morgan fingerprint density at radius 3 is 2.54 bits per heavy atom. The lowest BCUT2D eigenvalue weighted by Gasteiger charge is -2.08. The van der Waals surface area contributed by atoms with Crippen LogP contribution in [0.4, 0.5) is 0 Å². The molecule has 0 aromatic heterocycles. The number of hydrogen-bond acceptors (Lipinski definition) is 2. The molecule has 0 bridgehead atoms. The maximum Gasteiger partial charge on any atom is 0.125 e. The van der Waals surface area contributed by atoms with Crippen LogP contribution in [-0.2, 0) is 6.42 Å². The summed E-state index contributed by atoms with van der Waals surface area (Å²) in [5, 5.41) is 0. The standard InChI is InChI=1S/C11H15O2/c1-4-5-9-6-7-10(12-2)8-11(9)13-3/h6-8H,1,4-5H2,2-3H3. The average Bonchev–Trinajstić information content (AvgIpc) is 2.19. The van der Waals surface area contributed by atoms with Crippen LogP contribution in [0.3, 0.4) is 0 Å². The highest BCUT2D eigenvalue weighted by Gasteiger charge is 2.02. The van der Waals surface area contributed by atoms with Crippen molar-refractivity contribution in [2.75, 3.05) is 14.2 Å². The lowest BCUT2D eigenvalue weighted by atomic mass is 10.1. The minimum atomic E-state index is 0.824. The van der Waals surface area contributed by atoms with Crippen molar-refractivity contribution in [3.05, 3.63) is 30.7 Å². The molecule has 0 aliphatic carbocycles. The third-order valence-electron chi connectivity index (χ3n) is 1.94. The summed E-state index contributed by atoms with van der Waals surface area (Å²) in [7, 11) is 3.32. The Labute approximate surface area is 79.5 Å². The smallest absolute Gasteiger partial charge is 0.125 e. The van der Waals surface area contributed by atoms with E-state index in [4.69, 9.17) is 9.47 Å². The van der Waals surface area contributed by atoms with E-state index in [1.807, 2.05) is 18.2 Å². The molecule has 0 amide bonds. The van der Waals surface area contributed by atoms with Gasteiger partial charge in [-0.1, -0.05) is 13.0 Å². The minimum Gasteiger partial charge on any atom is -0.497 e. The molecule has 1 aromatic rings. The molecule has 71 valence electrons. The summed E-state index contributed by atoms with van der Waals surface area (Å²) in [5.74, 6) is 1.70. The maximum atomic E-state index is 5.23. The van der Waals surface area contributed by atoms with Crippen LogP contribution in [0.5, 0.6) is 11.5 Å². The van der Waals surface area contributed by atoms with Crippen LogP contribution in [0, 0.1) is 6.92 Å². The first-order chi connectivity index (χ1) is 6.31. The molecule has 0 heterocycles. The first kappa shape index (κ1) is 9.90. The van der Waals surface area contributed by atoms with E-state index in [2.05, 4.69) is 6.92 Å². The summed E-state index contributed by atoms with van der Waals surface area (Å²) in [4.78, 5) is 0. The molecule has 1 rings (SSSR count). The molecule has 0 atom stereocenters. The van der Waals surface area contributed by atoms with Crippen molar-refractivity contribution in [1.29, 1.82) is 0 Å². The van der Waals surface area contributed by atoms with Crippen LogP contribution >= 0.6 is 0 Å². The van der Waals surface area contributed by atoms with Crippen molar-refractivity contribution >= 4 is 0 Å². The van der Waals surface area contributed by atoms with Crippen LogP contribution < -0.4 is 9.47 Å². The fourth-order valence-electron chi connectivity index (χ4n) is 1.25. The summed E-state index contributed by atoms with van der Waals surface area (Å²) in [6.45, 7) is 3.81. The van der Waals surface area contributed by atoms with Crippen molar-refractivity contribution in [3.8, 4) is 11.5 Å². The largest absolute Gasteiger partial charge is 0.497 e. The topological polar surface area (TPSA) is 18.5 Å². The zero-order chi connectivity index (χ0) is 9.68. The zero-order valence-corrected chi connectivity index (χ0v) is 8.17. The molecule has 0 spiro atoms. The molecule has 2 nitrogen and oxygen atoms in total. The van der Waals surface area contributed by atoms with Crippen LogP contribution in [0.1, 0.15) is 12.0 Å². The Hall–Kier alpha value is -1.18. The van der Waals surface area contributed by atoms with Gasteiger partial charge in [0, 0.05) is 6.07 Å². The van der Waals surface area contributed by atoms with Gasteiger partial charge in [0.25, 0.3) is 0 Å². The molecule has 0 saturated carbocycles. The molecule has 0 N–H and O–H groups in total. The second-order valence-corrected chi connectivity index (χ2v) is 2.78. The van der Waals surface area contributed by atoms with Crippen molar-refractivity contribution in [2.45, 2.75) is 12.8 Å². The van der Waals surface area contributed by atoms with Crippen LogP contribution in [-0.4, -0.2) is 14.2 Å². The Bertz CT molecular complexity index is 269. The van der Waals surface area contributed by atoms with E-state index in [1.54, 1.807) is 14.2 Å². The van der Waals surface area contributed by atoms with Gasteiger partial charge in [-0.25, -0.2) is 0 Å². The third kappa shape index (κ3) is 2.38. The Balaban J connectivity index is 2.93. The van der Waals surface area contributed by atoms with Gasteiger partial charge in [-0.15, -0.1) is 0 Å². The number of benzene rings is 1. The van der Waals surface area contributed by atoms with Gasteiger partial charge < -0.3 is 9.47 Å². The highest BCUT2D eigenvalue weighted by molar-refractivity contribution is 5.40. The Morgan fingerprint density at radius 1 is 1.23 bits per heavy atom. The molecule has 13 heavy (non-hydrogen) atoms. The predicted molar refractivity (Wildman–Crippen MR) is 53.2 cm³/mol. The highest BCUT2D eigenvalue weighted by atomic mass is 16.5. The van der Waals surface area contributed by atoms with Gasteiger partial charge >= 0.3 is 0 Å². The number of methoxy groups -OCH3 is 2. The van der Waals surface area contributed by atoms with Gasteiger partial charge in [0.1, 0.15) is 11.5 Å². The van der Waals surface area contributed by atoms with E-state index in [0.29, 0.717) is 0 Å². The number of aryl methyl sites for hydroxylation is 1. The van der Waals surface area contributed by atoms with Gasteiger partial charge in [0.2, 0.25) is 0 Å². The Kier molecular flexibility index (Phi) is 3.62. The molecule has 1 radical (unpaired) electrons. The van der Waals surface area contributed by atoms with Gasteiger partial charge in [0.15, 0.2) is 0 Å². The summed E-state index contributed by atoms with van der Waals surface area (Å²) >= 11 is 0. The van der Waals surface area contributed by atoms with Gasteiger partial charge in [-0.2, -0.15) is 0 Å². The van der Waals surface area contributed by atoms with Crippen molar-refractivity contribution in [1.82, 2.24) is 0 Å². The molecule has 0 fully saturated rings. The number of ether oxygens (including phenoxy) is 2. The summed E-state index contributed by atoms with van der Waals surface area (Å²) < 4.78 is 10.3. The first-order valence-corrected chi connectivity index (χ1v) is 4.32. The van der Waals surface area contributed by atoms with E-state index >= 15 is 0 Å². The van der Waals surface area contributed by atoms with Crippen molar-refractivity contribution in [3.63, 3.8) is 0 Å². The second kappa shape index (κ2) is 4.75. The van der Waals surface area contributed by atoms with Crippen molar-refractivity contribution < 1.29 is 9.47 Å². The number of rotatable bonds is 4. The van der Waals surface area contributed by atoms with E-state index in [1.165, 1.54) is 5.56 Å². The van der Waals surface area contributed by atoms with Crippen LogP contribution in [0.15, 0.2) is 18.2 Å². The lowest BCUT2D eigenvalue weighted by molar-refractivity contribution is 0.391. The highest BCUT2D eigenvalue weighted by Crippen LogP contribution is 2.25. The van der Waals surface area contributed by atoms with Crippen molar-refractivity contribution in [2.24, 2.45) is 0 Å². The van der Waals surface area contributed by atoms with E-state index in [0.717, 1.165) is 24.3 Å². The van der Waals surface area contributed by atoms with E-state index in [-0.39, 0.29) is 0 Å². The monoisotopic (exact) mass is 179 g/mol. The molecule has 0 unspecified atom stereocenters. The summed E-state index contributed by atoms with van der Waals surface area (Å²) in [6, 6.07) is 5.85. The predicted octanol–water partition coefficient (Wildman–Crippen LogP) is 2.47. The molecule has 2 heteroatoms. The second-order valence-electron chi connectivity index (χ2n) is 2.78. The summed E-state index contributed by atoms with van der Waals surface area (Å²) in [6.07, 6.45) is 1.82. The fourth-order valence-corrected chi connectivity index (χ4v) is 1.25. The normalized spacial score (nSPS) is 9.77.